The van der Waals surface area contributed by atoms with Crippen LogP contribution >= 0.6 is 0 Å². The standard InChI is InChI=1S/C13H11F3N4/c1-8(2)20-7-11(13(14,15)16)19-12(20)10-5-4-9(17-3)6-18-10/h4-8H,1-2H3. The van der Waals surface area contributed by atoms with E-state index in [9.17, 15) is 13.2 Å². The Bertz CT molecular complexity index is 648. The van der Waals surface area contributed by atoms with Crippen molar-refractivity contribution in [2.45, 2.75) is 26.1 Å². The molecule has 0 saturated heterocycles. The Morgan fingerprint density at radius 1 is 1.30 bits per heavy atom. The molecule has 0 bridgehead atoms. The van der Waals surface area contributed by atoms with Gasteiger partial charge in [0.25, 0.3) is 0 Å². The lowest BCUT2D eigenvalue weighted by Crippen LogP contribution is -2.05. The molecule has 0 amide bonds. The molecule has 7 heteroatoms. The highest BCUT2D eigenvalue weighted by atomic mass is 19.4. The molecule has 0 spiro atoms. The monoisotopic (exact) mass is 280 g/mol. The summed E-state index contributed by atoms with van der Waals surface area (Å²) in [5.41, 5.74) is -0.314. The van der Waals surface area contributed by atoms with Crippen molar-refractivity contribution in [2.24, 2.45) is 0 Å². The summed E-state index contributed by atoms with van der Waals surface area (Å²) in [6.07, 6.45) is -2.20. The number of hydrogen-bond donors (Lipinski definition) is 0. The van der Waals surface area contributed by atoms with Gasteiger partial charge in [-0.2, -0.15) is 13.2 Å². The van der Waals surface area contributed by atoms with Crippen molar-refractivity contribution in [3.8, 4) is 11.5 Å². The van der Waals surface area contributed by atoms with Gasteiger partial charge in [0, 0.05) is 18.4 Å². The number of imidazole rings is 1. The minimum atomic E-state index is -4.49. The third-order valence-corrected chi connectivity index (χ3v) is 2.69. The molecule has 0 aliphatic carbocycles. The highest BCUT2D eigenvalue weighted by Crippen LogP contribution is 2.32. The number of halogens is 3. The van der Waals surface area contributed by atoms with Crippen LogP contribution in [0.4, 0.5) is 18.9 Å². The largest absolute Gasteiger partial charge is 0.434 e. The molecule has 0 aromatic carbocycles. The SMILES string of the molecule is [C-]#[N+]c1ccc(-c2nc(C(F)(F)F)cn2C(C)C)nc1. The molecule has 0 aliphatic heterocycles. The Hall–Kier alpha value is -2.36. The van der Waals surface area contributed by atoms with Crippen molar-refractivity contribution >= 4 is 5.69 Å². The highest BCUT2D eigenvalue weighted by Gasteiger charge is 2.35. The second kappa shape index (κ2) is 4.96. The topological polar surface area (TPSA) is 35.1 Å². The minimum Gasteiger partial charge on any atom is -0.327 e. The summed E-state index contributed by atoms with van der Waals surface area (Å²) in [4.78, 5) is 10.8. The van der Waals surface area contributed by atoms with Crippen molar-refractivity contribution < 1.29 is 13.2 Å². The van der Waals surface area contributed by atoms with E-state index in [2.05, 4.69) is 14.8 Å². The number of rotatable bonds is 2. The van der Waals surface area contributed by atoms with Crippen LogP contribution in [0.25, 0.3) is 16.4 Å². The Balaban J connectivity index is 2.54. The molecule has 0 unspecified atom stereocenters. The van der Waals surface area contributed by atoms with Crippen LogP contribution in [0.5, 0.6) is 0 Å². The summed E-state index contributed by atoms with van der Waals surface area (Å²) in [5, 5.41) is 0. The summed E-state index contributed by atoms with van der Waals surface area (Å²) in [6.45, 7) is 10.4. The van der Waals surface area contributed by atoms with Crippen LogP contribution in [-0.4, -0.2) is 14.5 Å². The lowest BCUT2D eigenvalue weighted by molar-refractivity contribution is -0.140. The van der Waals surface area contributed by atoms with E-state index in [1.54, 1.807) is 13.8 Å². The predicted molar refractivity (Wildman–Crippen MR) is 67.1 cm³/mol. The van der Waals surface area contributed by atoms with Gasteiger partial charge in [-0.1, -0.05) is 6.07 Å². The Morgan fingerprint density at radius 3 is 2.45 bits per heavy atom. The Morgan fingerprint density at radius 2 is 2.00 bits per heavy atom. The highest BCUT2D eigenvalue weighted by molar-refractivity contribution is 5.55. The van der Waals surface area contributed by atoms with Crippen molar-refractivity contribution in [1.82, 2.24) is 14.5 Å². The molecule has 104 valence electrons. The number of nitrogens with zero attached hydrogens (tertiary/aromatic N) is 4. The van der Waals surface area contributed by atoms with Crippen LogP contribution in [0.15, 0.2) is 24.5 Å². The van der Waals surface area contributed by atoms with E-state index >= 15 is 0 Å². The first kappa shape index (κ1) is 14.1. The zero-order valence-corrected chi connectivity index (χ0v) is 10.8. The van der Waals surface area contributed by atoms with Crippen molar-refractivity contribution in [3.63, 3.8) is 0 Å². The summed E-state index contributed by atoms with van der Waals surface area (Å²) >= 11 is 0. The molecule has 2 aromatic heterocycles. The third kappa shape index (κ3) is 2.64. The molecule has 2 rings (SSSR count). The van der Waals surface area contributed by atoms with Crippen molar-refractivity contribution in [3.05, 3.63) is 41.6 Å². The van der Waals surface area contributed by atoms with Crippen molar-refractivity contribution in [2.75, 3.05) is 0 Å². The molecule has 0 aliphatic rings. The van der Waals surface area contributed by atoms with Crippen LogP contribution in [0, 0.1) is 6.57 Å². The Labute approximate surface area is 113 Å². The van der Waals surface area contributed by atoms with Gasteiger partial charge in [-0.25, -0.2) is 9.83 Å². The van der Waals surface area contributed by atoms with E-state index < -0.39 is 11.9 Å². The van der Waals surface area contributed by atoms with E-state index in [4.69, 9.17) is 6.57 Å². The van der Waals surface area contributed by atoms with Gasteiger partial charge in [0.1, 0.15) is 5.69 Å². The molecule has 2 heterocycles. The zero-order chi connectivity index (χ0) is 14.9. The van der Waals surface area contributed by atoms with E-state index in [0.717, 1.165) is 6.20 Å². The summed E-state index contributed by atoms with van der Waals surface area (Å²) in [6, 6.07) is 2.81. The second-order valence-corrected chi connectivity index (χ2v) is 4.46. The van der Waals surface area contributed by atoms with Gasteiger partial charge in [-0.3, -0.25) is 4.98 Å². The normalized spacial score (nSPS) is 11.7. The molecule has 0 radical (unpaired) electrons. The fourth-order valence-electron chi connectivity index (χ4n) is 1.70. The summed E-state index contributed by atoms with van der Waals surface area (Å²) in [5.74, 6) is 0.142. The maximum absolute atomic E-state index is 12.7. The molecular weight excluding hydrogens is 269 g/mol. The van der Waals surface area contributed by atoms with E-state index in [0.29, 0.717) is 11.4 Å². The summed E-state index contributed by atoms with van der Waals surface area (Å²) in [7, 11) is 0. The number of aromatic nitrogens is 3. The van der Waals surface area contributed by atoms with Gasteiger partial charge in [-0.15, -0.1) is 0 Å². The van der Waals surface area contributed by atoms with Crippen LogP contribution in [0.3, 0.4) is 0 Å². The van der Waals surface area contributed by atoms with Gasteiger partial charge in [0.2, 0.25) is 5.69 Å². The molecule has 0 N–H and O–H groups in total. The first-order valence-corrected chi connectivity index (χ1v) is 5.83. The molecule has 4 nitrogen and oxygen atoms in total. The molecule has 0 saturated carbocycles. The molecule has 20 heavy (non-hydrogen) atoms. The molecule has 0 fully saturated rings. The second-order valence-electron chi connectivity index (χ2n) is 4.46. The van der Waals surface area contributed by atoms with Gasteiger partial charge >= 0.3 is 6.18 Å². The smallest absolute Gasteiger partial charge is 0.327 e. The first-order valence-electron chi connectivity index (χ1n) is 5.83. The lowest BCUT2D eigenvalue weighted by Gasteiger charge is -2.10. The molecular formula is C13H11F3N4. The van der Waals surface area contributed by atoms with Gasteiger partial charge < -0.3 is 4.57 Å². The maximum Gasteiger partial charge on any atom is 0.434 e. The van der Waals surface area contributed by atoms with Crippen LogP contribution in [-0.2, 0) is 6.18 Å². The van der Waals surface area contributed by atoms with Gasteiger partial charge in [-0.05, 0) is 19.9 Å². The zero-order valence-electron chi connectivity index (χ0n) is 10.8. The first-order chi connectivity index (χ1) is 9.32. The number of pyridine rings is 1. The lowest BCUT2D eigenvalue weighted by atomic mass is 10.3. The fourth-order valence-corrected chi connectivity index (χ4v) is 1.70. The molecule has 2 aromatic rings. The fraction of sp³-hybridized carbons (Fsp3) is 0.308. The van der Waals surface area contributed by atoms with Crippen LogP contribution in [0.2, 0.25) is 0 Å². The predicted octanol–water partition coefficient (Wildman–Crippen LogP) is 4.10. The average molecular weight is 280 g/mol. The van der Waals surface area contributed by atoms with E-state index in [-0.39, 0.29) is 11.9 Å². The van der Waals surface area contributed by atoms with Crippen LogP contribution < -0.4 is 0 Å². The third-order valence-electron chi connectivity index (χ3n) is 2.69. The van der Waals surface area contributed by atoms with Crippen LogP contribution in [0.1, 0.15) is 25.6 Å². The minimum absolute atomic E-state index is 0.142. The van der Waals surface area contributed by atoms with Crippen molar-refractivity contribution in [1.29, 1.82) is 0 Å². The Kier molecular flexibility index (Phi) is 3.49. The van der Waals surface area contributed by atoms with E-state index in [1.807, 2.05) is 0 Å². The maximum atomic E-state index is 12.7. The quantitative estimate of drug-likeness (QED) is 0.776. The number of alkyl halides is 3. The van der Waals surface area contributed by atoms with Gasteiger partial charge in [0.15, 0.2) is 11.5 Å². The van der Waals surface area contributed by atoms with Gasteiger partial charge in [0.05, 0.1) is 6.57 Å². The number of hydrogen-bond acceptors (Lipinski definition) is 2. The average Bonchev–Trinajstić information content (AvgIpc) is 2.84. The van der Waals surface area contributed by atoms with E-state index in [1.165, 1.54) is 22.9 Å². The summed E-state index contributed by atoms with van der Waals surface area (Å²) < 4.78 is 39.6. The molecule has 0 atom stereocenters.